The molecule has 0 N–H and O–H groups in total. The van der Waals surface area contributed by atoms with Crippen LogP contribution in [-0.4, -0.2) is 21.3 Å². The van der Waals surface area contributed by atoms with Gasteiger partial charge in [0.15, 0.2) is 0 Å². The fraction of sp³-hybridized carbons (Fsp3) is 0.250. The van der Waals surface area contributed by atoms with Crippen LogP contribution in [0.5, 0.6) is 0 Å². The predicted octanol–water partition coefficient (Wildman–Crippen LogP) is 3.40. The van der Waals surface area contributed by atoms with Gasteiger partial charge in [0.2, 0.25) is 0 Å². The molecule has 1 atom stereocenters. The van der Waals surface area contributed by atoms with Crippen molar-refractivity contribution in [3.63, 3.8) is 0 Å². The van der Waals surface area contributed by atoms with E-state index in [0.29, 0.717) is 5.57 Å². The fourth-order valence-electron chi connectivity index (χ4n) is 3.00. The molecule has 2 aromatic carbocycles. The average Bonchev–Trinajstić information content (AvgIpc) is 2.98. The van der Waals surface area contributed by atoms with Crippen molar-refractivity contribution >= 4 is 28.2 Å². The second-order valence-corrected chi connectivity index (χ2v) is 6.97. The number of carbonyl (C=O) groups excluding carboxylic acids is 1. The van der Waals surface area contributed by atoms with E-state index in [-0.39, 0.29) is 18.3 Å². The first-order valence-electron chi connectivity index (χ1n) is 8.15. The van der Waals surface area contributed by atoms with Gasteiger partial charge in [-0.05, 0) is 41.2 Å². The van der Waals surface area contributed by atoms with E-state index in [4.69, 9.17) is 4.74 Å². The Labute approximate surface area is 149 Å². The molecule has 2 aromatic rings. The van der Waals surface area contributed by atoms with Crippen LogP contribution in [0.25, 0.3) is 11.1 Å². The molecule has 1 heterocycles. The number of carbonyl (C=O) groups is 1. The van der Waals surface area contributed by atoms with E-state index >= 15 is 0 Å². The van der Waals surface area contributed by atoms with Crippen LogP contribution in [0, 0.1) is 6.92 Å². The van der Waals surface area contributed by atoms with Crippen LogP contribution in [0.4, 0.5) is 0 Å². The topological polar surface area (TPSA) is 66.4 Å². The minimum absolute atomic E-state index is 0.00801. The molecule has 0 spiro atoms. The lowest BCUT2D eigenvalue weighted by Crippen LogP contribution is -1.99. The minimum atomic E-state index is -2.12. The molecule has 0 radical (unpaired) electrons. The van der Waals surface area contributed by atoms with Crippen molar-refractivity contribution in [3.8, 4) is 0 Å². The molecular weight excluding hydrogens is 336 g/mol. The second kappa shape index (κ2) is 7.33. The molecule has 0 bridgehead atoms. The van der Waals surface area contributed by atoms with Crippen molar-refractivity contribution in [2.24, 2.45) is 0 Å². The maximum atomic E-state index is 12.2. The van der Waals surface area contributed by atoms with E-state index in [1.165, 1.54) is 5.56 Å². The van der Waals surface area contributed by atoms with Gasteiger partial charge in [0.25, 0.3) is 0 Å². The first-order chi connectivity index (χ1) is 12.0. The smallest absolute Gasteiger partial charge is 0.339 e. The number of benzene rings is 2. The number of rotatable bonds is 5. The average molecular weight is 355 g/mol. The Bertz CT molecular complexity index is 866. The Kier molecular flexibility index (Phi) is 5.16. The highest BCUT2D eigenvalue weighted by Gasteiger charge is 2.27. The van der Waals surface area contributed by atoms with Crippen LogP contribution >= 0.6 is 0 Å². The van der Waals surface area contributed by atoms with Crippen LogP contribution in [-0.2, 0) is 32.8 Å². The van der Waals surface area contributed by atoms with Gasteiger partial charge in [0.1, 0.15) is 6.61 Å². The molecule has 3 rings (SSSR count). The summed E-state index contributed by atoms with van der Waals surface area (Å²) in [5.74, 6) is -0.326. The maximum Gasteiger partial charge on any atom is 0.339 e. The monoisotopic (exact) mass is 355 g/mol. The molecule has 1 aliphatic rings. The van der Waals surface area contributed by atoms with E-state index in [0.717, 1.165) is 34.2 Å². The predicted molar refractivity (Wildman–Crippen MR) is 97.4 cm³/mol. The molecule has 0 amide bonds. The summed E-state index contributed by atoms with van der Waals surface area (Å²) in [5, 5.41) is 0. The zero-order valence-electron chi connectivity index (χ0n) is 14.2. The number of aryl methyl sites for hydroxylation is 2. The van der Waals surface area contributed by atoms with E-state index in [9.17, 15) is 13.6 Å². The Morgan fingerprint density at radius 3 is 2.40 bits per heavy atom. The summed E-state index contributed by atoms with van der Waals surface area (Å²) in [5.41, 5.74) is 6.01. The molecule has 25 heavy (non-hydrogen) atoms. The molecule has 0 aromatic heterocycles. The summed E-state index contributed by atoms with van der Waals surface area (Å²) in [7, 11) is 0. The Morgan fingerprint density at radius 1 is 1.12 bits per heavy atom. The Balaban J connectivity index is 2.03. The van der Waals surface area contributed by atoms with Crippen molar-refractivity contribution in [2.75, 3.05) is 6.61 Å². The molecule has 0 saturated carbocycles. The van der Waals surface area contributed by atoms with Gasteiger partial charge in [-0.2, -0.15) is 0 Å². The summed E-state index contributed by atoms with van der Waals surface area (Å²) in [6.07, 6.45) is 0.943. The summed E-state index contributed by atoms with van der Waals surface area (Å²) in [6, 6.07) is 13.5. The van der Waals surface area contributed by atoms with Gasteiger partial charge in [-0.15, -0.1) is 0 Å². The highest BCUT2D eigenvalue weighted by molar-refractivity contribution is 7.78. The molecule has 0 fully saturated rings. The molecule has 0 aliphatic carbocycles. The van der Waals surface area contributed by atoms with Gasteiger partial charge in [0.05, 0.1) is 5.57 Å². The highest BCUT2D eigenvalue weighted by Crippen LogP contribution is 2.33. The van der Waals surface area contributed by atoms with Crippen LogP contribution in [0.1, 0.15) is 34.7 Å². The third-order valence-electron chi connectivity index (χ3n) is 4.47. The highest BCUT2D eigenvalue weighted by atomic mass is 32.2. The van der Waals surface area contributed by atoms with Crippen LogP contribution < -0.4 is 0 Å². The summed E-state index contributed by atoms with van der Waals surface area (Å²) < 4.78 is 27.1. The van der Waals surface area contributed by atoms with Gasteiger partial charge < -0.3 is 9.29 Å². The van der Waals surface area contributed by atoms with Gasteiger partial charge in [-0.25, -0.2) is 4.79 Å². The number of hydrogen-bond donors (Lipinski definition) is 0. The van der Waals surface area contributed by atoms with Crippen molar-refractivity contribution in [3.05, 3.63) is 70.3 Å². The van der Waals surface area contributed by atoms with Crippen LogP contribution in [0.2, 0.25) is 0 Å². The third-order valence-corrected chi connectivity index (χ3v) is 5.02. The van der Waals surface area contributed by atoms with Gasteiger partial charge in [-0.1, -0.05) is 60.5 Å². The molecule has 1 unspecified atom stereocenters. The lowest BCUT2D eigenvalue weighted by Gasteiger charge is -2.11. The van der Waals surface area contributed by atoms with Crippen molar-refractivity contribution in [1.82, 2.24) is 0 Å². The summed E-state index contributed by atoms with van der Waals surface area (Å²) in [6.45, 7) is 4.19. The normalized spacial score (nSPS) is 15.4. The fourth-order valence-corrected chi connectivity index (χ4v) is 3.58. The van der Waals surface area contributed by atoms with E-state index in [1.807, 2.05) is 43.3 Å². The molecule has 1 aliphatic heterocycles. The van der Waals surface area contributed by atoms with Crippen LogP contribution in [0.3, 0.4) is 0 Å². The van der Waals surface area contributed by atoms with Gasteiger partial charge >= 0.3 is 5.97 Å². The first kappa shape index (κ1) is 17.6. The lowest BCUT2D eigenvalue weighted by atomic mass is 9.94. The summed E-state index contributed by atoms with van der Waals surface area (Å²) >= 11 is -2.12. The van der Waals surface area contributed by atoms with Crippen molar-refractivity contribution in [1.29, 1.82) is 0 Å². The Morgan fingerprint density at radius 2 is 1.80 bits per heavy atom. The maximum absolute atomic E-state index is 12.2. The van der Waals surface area contributed by atoms with Gasteiger partial charge in [0, 0.05) is 11.3 Å². The van der Waals surface area contributed by atoms with Gasteiger partial charge in [-0.3, -0.25) is 4.21 Å². The minimum Gasteiger partial charge on any atom is -0.772 e. The van der Waals surface area contributed by atoms with Crippen molar-refractivity contribution in [2.45, 2.75) is 26.0 Å². The standard InChI is InChI=1S/C20H20O4S/c1-3-14-4-6-15(7-5-14)19-18(11-24-20(19)21)16-8-9-17(12-25(22)23)13(2)10-16/h4-10H,3,11-12H2,1-2H3,(H,22,23)/p-1. The molecule has 4 nitrogen and oxygen atoms in total. The molecule has 5 heteroatoms. The van der Waals surface area contributed by atoms with Crippen LogP contribution in [0.15, 0.2) is 42.5 Å². The zero-order chi connectivity index (χ0) is 18.0. The quantitative estimate of drug-likeness (QED) is 0.609. The van der Waals surface area contributed by atoms with E-state index in [2.05, 4.69) is 6.92 Å². The Hall–Kier alpha value is -2.24. The second-order valence-electron chi connectivity index (χ2n) is 6.07. The van der Waals surface area contributed by atoms with E-state index < -0.39 is 11.1 Å². The number of esters is 1. The lowest BCUT2D eigenvalue weighted by molar-refractivity contribution is -0.133. The third kappa shape index (κ3) is 3.72. The number of hydrogen-bond acceptors (Lipinski definition) is 4. The summed E-state index contributed by atoms with van der Waals surface area (Å²) in [4.78, 5) is 12.2. The van der Waals surface area contributed by atoms with E-state index in [1.54, 1.807) is 6.07 Å². The van der Waals surface area contributed by atoms with Crippen molar-refractivity contribution < 1.29 is 18.3 Å². The number of cyclic esters (lactones) is 1. The molecule has 130 valence electrons. The first-order valence-corrected chi connectivity index (χ1v) is 9.39. The zero-order valence-corrected chi connectivity index (χ0v) is 15.0. The molecule has 0 saturated heterocycles. The number of ether oxygens (including phenoxy) is 1. The molecular formula is C20H19O4S-. The largest absolute Gasteiger partial charge is 0.772 e. The SMILES string of the molecule is CCc1ccc(C2=C(c3ccc(CS(=O)[O-])c(C)c3)COC2=O)cc1.